The van der Waals surface area contributed by atoms with E-state index in [1.165, 1.54) is 24.3 Å². The standard InChI is InChI=1S/C22H21F4N3O4/c1-3-31-17-8-12(5-7-16(17)32-22(25)26)21-29-18(19(33-21)11(2)27)20(30)28-10-13-4-6-14(23)9-15(13)24/h4-9,11,22H,3,10,27H2,1-2H3,(H,28,30)/t11-/m0/s1. The molecule has 0 aliphatic rings. The zero-order valence-electron chi connectivity index (χ0n) is 17.7. The number of hydrogen-bond acceptors (Lipinski definition) is 6. The molecular formula is C22H21F4N3O4. The van der Waals surface area contributed by atoms with Gasteiger partial charge in [-0.2, -0.15) is 8.78 Å². The number of nitrogens with two attached hydrogens (primary N) is 1. The number of carbonyl (C=O) groups excluding carboxylic acids is 1. The van der Waals surface area contributed by atoms with E-state index in [9.17, 15) is 22.4 Å². The van der Waals surface area contributed by atoms with Crippen molar-refractivity contribution in [2.45, 2.75) is 33.0 Å². The highest BCUT2D eigenvalue weighted by atomic mass is 19.3. The molecule has 3 aromatic rings. The lowest BCUT2D eigenvalue weighted by atomic mass is 10.2. The molecule has 0 fully saturated rings. The average molecular weight is 467 g/mol. The lowest BCUT2D eigenvalue weighted by Gasteiger charge is -2.11. The summed E-state index contributed by atoms with van der Waals surface area (Å²) in [7, 11) is 0. The van der Waals surface area contributed by atoms with Crippen molar-refractivity contribution in [1.82, 2.24) is 10.3 Å². The maximum Gasteiger partial charge on any atom is 0.387 e. The van der Waals surface area contributed by atoms with Gasteiger partial charge in [-0.1, -0.05) is 6.07 Å². The van der Waals surface area contributed by atoms with E-state index in [2.05, 4.69) is 15.0 Å². The molecule has 0 aliphatic carbocycles. The molecule has 0 spiro atoms. The average Bonchev–Trinajstić information content (AvgIpc) is 3.20. The Labute approximate surface area is 186 Å². The third-order valence-electron chi connectivity index (χ3n) is 4.44. The van der Waals surface area contributed by atoms with E-state index in [0.29, 0.717) is 11.6 Å². The van der Waals surface area contributed by atoms with Crippen LogP contribution in [0.3, 0.4) is 0 Å². The number of nitrogens with one attached hydrogen (secondary N) is 1. The third-order valence-corrected chi connectivity index (χ3v) is 4.44. The number of alkyl halides is 2. The van der Waals surface area contributed by atoms with Crippen LogP contribution < -0.4 is 20.5 Å². The van der Waals surface area contributed by atoms with Crippen LogP contribution in [0.1, 0.15) is 41.7 Å². The summed E-state index contributed by atoms with van der Waals surface area (Å²) in [6.07, 6.45) is 0. The first-order valence-electron chi connectivity index (χ1n) is 9.90. The number of nitrogens with zero attached hydrogens (tertiary/aromatic N) is 1. The molecule has 1 amide bonds. The van der Waals surface area contributed by atoms with Crippen molar-refractivity contribution in [2.75, 3.05) is 6.61 Å². The Balaban J connectivity index is 1.88. The van der Waals surface area contributed by atoms with Gasteiger partial charge >= 0.3 is 6.61 Å². The van der Waals surface area contributed by atoms with Crippen LogP contribution in [0.5, 0.6) is 11.5 Å². The number of rotatable bonds is 9. The van der Waals surface area contributed by atoms with Gasteiger partial charge in [-0.05, 0) is 38.1 Å². The Bertz CT molecular complexity index is 1130. The van der Waals surface area contributed by atoms with E-state index in [-0.39, 0.29) is 47.6 Å². The summed E-state index contributed by atoms with van der Waals surface area (Å²) in [5.41, 5.74) is 6.17. The van der Waals surface area contributed by atoms with Crippen LogP contribution in [0, 0.1) is 11.6 Å². The van der Waals surface area contributed by atoms with Crippen LogP contribution in [-0.4, -0.2) is 24.1 Å². The molecule has 0 radical (unpaired) electrons. The van der Waals surface area contributed by atoms with Crippen LogP contribution in [0.2, 0.25) is 0 Å². The number of oxazole rings is 1. The number of aromatic nitrogens is 1. The number of carbonyl (C=O) groups is 1. The number of ether oxygens (including phenoxy) is 2. The summed E-state index contributed by atoms with van der Waals surface area (Å²) < 4.78 is 67.6. The maximum atomic E-state index is 13.8. The molecule has 1 atom stereocenters. The van der Waals surface area contributed by atoms with Gasteiger partial charge in [-0.15, -0.1) is 0 Å². The quantitative estimate of drug-likeness (QED) is 0.448. The first-order chi connectivity index (χ1) is 15.7. The molecule has 2 aromatic carbocycles. The Morgan fingerprint density at radius 2 is 1.94 bits per heavy atom. The van der Waals surface area contributed by atoms with Gasteiger partial charge in [0.2, 0.25) is 5.89 Å². The van der Waals surface area contributed by atoms with Gasteiger partial charge in [0.25, 0.3) is 5.91 Å². The molecule has 3 N–H and O–H groups in total. The highest BCUT2D eigenvalue weighted by molar-refractivity contribution is 5.94. The molecule has 1 aromatic heterocycles. The number of amides is 1. The highest BCUT2D eigenvalue weighted by Gasteiger charge is 2.24. The predicted octanol–water partition coefficient (Wildman–Crippen LogP) is 4.57. The van der Waals surface area contributed by atoms with Gasteiger partial charge < -0.3 is 24.9 Å². The zero-order valence-corrected chi connectivity index (χ0v) is 17.7. The molecule has 0 saturated heterocycles. The number of benzene rings is 2. The summed E-state index contributed by atoms with van der Waals surface area (Å²) in [5, 5.41) is 2.49. The minimum absolute atomic E-state index is 0.00929. The minimum atomic E-state index is -3.04. The molecule has 33 heavy (non-hydrogen) atoms. The van der Waals surface area contributed by atoms with Crippen LogP contribution in [0.25, 0.3) is 11.5 Å². The van der Waals surface area contributed by atoms with Crippen molar-refractivity contribution in [1.29, 1.82) is 0 Å². The van der Waals surface area contributed by atoms with Crippen molar-refractivity contribution in [2.24, 2.45) is 5.73 Å². The van der Waals surface area contributed by atoms with E-state index in [1.54, 1.807) is 13.8 Å². The molecule has 1 heterocycles. The van der Waals surface area contributed by atoms with Gasteiger partial charge in [0.05, 0.1) is 12.6 Å². The Morgan fingerprint density at radius 1 is 1.18 bits per heavy atom. The van der Waals surface area contributed by atoms with Gasteiger partial charge in [-0.3, -0.25) is 4.79 Å². The van der Waals surface area contributed by atoms with Crippen molar-refractivity contribution in [3.8, 4) is 23.0 Å². The largest absolute Gasteiger partial charge is 0.490 e. The first-order valence-corrected chi connectivity index (χ1v) is 9.90. The van der Waals surface area contributed by atoms with Gasteiger partial charge in [-0.25, -0.2) is 13.8 Å². The fourth-order valence-electron chi connectivity index (χ4n) is 2.95. The molecular weight excluding hydrogens is 446 g/mol. The van der Waals surface area contributed by atoms with Gasteiger partial charge in [0.15, 0.2) is 23.0 Å². The first kappa shape index (κ1) is 24.1. The Morgan fingerprint density at radius 3 is 2.58 bits per heavy atom. The minimum Gasteiger partial charge on any atom is -0.490 e. The molecule has 176 valence electrons. The van der Waals surface area contributed by atoms with E-state index in [4.69, 9.17) is 14.9 Å². The van der Waals surface area contributed by atoms with E-state index >= 15 is 0 Å². The molecule has 0 bridgehead atoms. The molecule has 3 rings (SSSR count). The summed E-state index contributed by atoms with van der Waals surface area (Å²) >= 11 is 0. The Hall–Kier alpha value is -3.60. The Kier molecular flexibility index (Phi) is 7.54. The van der Waals surface area contributed by atoms with E-state index in [1.807, 2.05) is 0 Å². The smallest absolute Gasteiger partial charge is 0.387 e. The summed E-state index contributed by atoms with van der Waals surface area (Å²) in [4.78, 5) is 16.9. The van der Waals surface area contributed by atoms with Crippen LogP contribution >= 0.6 is 0 Å². The van der Waals surface area contributed by atoms with Crippen LogP contribution in [0.4, 0.5) is 17.6 Å². The number of hydrogen-bond donors (Lipinski definition) is 2. The van der Waals surface area contributed by atoms with Gasteiger partial charge in [0.1, 0.15) is 11.6 Å². The van der Waals surface area contributed by atoms with E-state index < -0.39 is 30.2 Å². The van der Waals surface area contributed by atoms with Gasteiger partial charge in [0, 0.05) is 23.7 Å². The zero-order chi connectivity index (χ0) is 24.1. The maximum absolute atomic E-state index is 13.8. The predicted molar refractivity (Wildman–Crippen MR) is 110 cm³/mol. The van der Waals surface area contributed by atoms with Crippen molar-refractivity contribution in [3.05, 3.63) is 65.1 Å². The summed E-state index contributed by atoms with van der Waals surface area (Å²) in [6.45, 7) is 0.173. The molecule has 0 unspecified atom stereocenters. The fraction of sp³-hybridized carbons (Fsp3) is 0.273. The highest BCUT2D eigenvalue weighted by Crippen LogP contribution is 2.34. The van der Waals surface area contributed by atoms with Crippen molar-refractivity contribution < 1.29 is 36.2 Å². The van der Waals surface area contributed by atoms with Crippen molar-refractivity contribution in [3.63, 3.8) is 0 Å². The molecule has 0 saturated carbocycles. The lowest BCUT2D eigenvalue weighted by Crippen LogP contribution is -2.25. The second kappa shape index (κ2) is 10.3. The fourth-order valence-corrected chi connectivity index (χ4v) is 2.95. The van der Waals surface area contributed by atoms with Crippen LogP contribution in [-0.2, 0) is 6.54 Å². The van der Waals surface area contributed by atoms with E-state index in [0.717, 1.165) is 6.07 Å². The number of halogens is 4. The monoisotopic (exact) mass is 467 g/mol. The molecule has 0 aliphatic heterocycles. The summed E-state index contributed by atoms with van der Waals surface area (Å²) in [5.74, 6) is -2.32. The normalized spacial score (nSPS) is 12.0. The van der Waals surface area contributed by atoms with Crippen molar-refractivity contribution >= 4 is 5.91 Å². The SMILES string of the molecule is CCOc1cc(-c2nc(C(=O)NCc3ccc(F)cc3F)c([C@H](C)N)o2)ccc1OC(F)F. The van der Waals surface area contributed by atoms with Crippen LogP contribution in [0.15, 0.2) is 40.8 Å². The lowest BCUT2D eigenvalue weighted by molar-refractivity contribution is -0.0514. The summed E-state index contributed by atoms with van der Waals surface area (Å²) in [6, 6.07) is 6.33. The second-order valence-corrected chi connectivity index (χ2v) is 6.91. The second-order valence-electron chi connectivity index (χ2n) is 6.91. The molecule has 7 nitrogen and oxygen atoms in total. The third kappa shape index (κ3) is 5.80. The topological polar surface area (TPSA) is 99.6 Å². The molecule has 11 heteroatoms.